The van der Waals surface area contributed by atoms with Gasteiger partial charge in [-0.3, -0.25) is 10.1 Å². The van der Waals surface area contributed by atoms with Crippen LogP contribution in [0.2, 0.25) is 0 Å². The third-order valence-electron chi connectivity index (χ3n) is 3.92. The SMILES string of the molecule is CCC(=O)Nc1cc(Oc2ccc(SC)cc2)ccc1NC(=NC(=O)OC)NC(=O)OC. The maximum absolute atomic E-state index is 12.0. The third kappa shape index (κ3) is 7.51. The fraction of sp³-hybridized carbons (Fsp3) is 0.238. The van der Waals surface area contributed by atoms with Crippen molar-refractivity contribution in [3.05, 3.63) is 42.5 Å². The molecule has 0 unspecified atom stereocenters. The largest absolute Gasteiger partial charge is 0.457 e. The second kappa shape index (κ2) is 12.2. The molecule has 0 fully saturated rings. The van der Waals surface area contributed by atoms with Gasteiger partial charge in [-0.25, -0.2) is 9.59 Å². The zero-order valence-corrected chi connectivity index (χ0v) is 18.9. The molecular formula is C21H24N4O6S. The Bertz CT molecular complexity index is 994. The molecule has 2 aromatic carbocycles. The molecule has 3 N–H and O–H groups in total. The number of amides is 3. The van der Waals surface area contributed by atoms with Crippen LogP contribution in [0.3, 0.4) is 0 Å². The van der Waals surface area contributed by atoms with E-state index < -0.39 is 12.2 Å². The van der Waals surface area contributed by atoms with E-state index in [-0.39, 0.29) is 18.3 Å². The highest BCUT2D eigenvalue weighted by Gasteiger charge is 2.14. The molecule has 0 saturated heterocycles. The molecule has 0 aromatic heterocycles. The van der Waals surface area contributed by atoms with Crippen LogP contribution in [0.25, 0.3) is 0 Å². The zero-order chi connectivity index (χ0) is 23.5. The minimum atomic E-state index is -0.948. The van der Waals surface area contributed by atoms with Crippen LogP contribution in [-0.4, -0.2) is 44.5 Å². The van der Waals surface area contributed by atoms with Gasteiger partial charge in [0.2, 0.25) is 11.9 Å². The van der Waals surface area contributed by atoms with Gasteiger partial charge in [-0.1, -0.05) is 6.92 Å². The Morgan fingerprint density at radius 3 is 2.22 bits per heavy atom. The van der Waals surface area contributed by atoms with Gasteiger partial charge < -0.3 is 24.8 Å². The van der Waals surface area contributed by atoms with Crippen molar-refractivity contribution in [2.24, 2.45) is 4.99 Å². The Morgan fingerprint density at radius 1 is 0.938 bits per heavy atom. The molecular weight excluding hydrogens is 436 g/mol. The minimum Gasteiger partial charge on any atom is -0.457 e. The first kappa shape index (κ1) is 24.5. The van der Waals surface area contributed by atoms with Crippen LogP contribution in [0.4, 0.5) is 21.0 Å². The molecule has 10 nitrogen and oxygen atoms in total. The monoisotopic (exact) mass is 460 g/mol. The number of carbonyl (C=O) groups is 3. The van der Waals surface area contributed by atoms with Gasteiger partial charge in [-0.15, -0.1) is 16.8 Å². The first-order valence-electron chi connectivity index (χ1n) is 9.43. The van der Waals surface area contributed by atoms with Gasteiger partial charge in [0, 0.05) is 17.4 Å². The summed E-state index contributed by atoms with van der Waals surface area (Å²) in [5.74, 6) is 0.585. The summed E-state index contributed by atoms with van der Waals surface area (Å²) < 4.78 is 14.9. The van der Waals surface area contributed by atoms with Crippen molar-refractivity contribution < 1.29 is 28.6 Å². The second-order valence-electron chi connectivity index (χ2n) is 6.06. The predicted molar refractivity (Wildman–Crippen MR) is 123 cm³/mol. The molecule has 0 aliphatic carbocycles. The van der Waals surface area contributed by atoms with E-state index in [2.05, 4.69) is 30.4 Å². The Labute approximate surface area is 189 Å². The summed E-state index contributed by atoms with van der Waals surface area (Å²) in [6, 6.07) is 12.4. The number of guanidine groups is 1. The van der Waals surface area contributed by atoms with Crippen molar-refractivity contribution in [1.82, 2.24) is 5.32 Å². The predicted octanol–water partition coefficient (Wildman–Crippen LogP) is 4.44. The standard InChI is InChI=1S/C21H24N4O6S/c1-5-18(26)22-17-12-14(31-13-6-9-15(32-4)10-7-13)8-11-16(17)23-19(24-20(27)29-2)25-21(28)30-3/h6-12H,5H2,1-4H3,(H,22,26)(H2,23,24,25,27,28). The number of ether oxygens (including phenoxy) is 3. The highest BCUT2D eigenvalue weighted by Crippen LogP contribution is 2.31. The van der Waals surface area contributed by atoms with Gasteiger partial charge in [0.15, 0.2) is 0 Å². The molecule has 32 heavy (non-hydrogen) atoms. The Morgan fingerprint density at radius 2 is 1.62 bits per heavy atom. The first-order valence-corrected chi connectivity index (χ1v) is 10.6. The Kier molecular flexibility index (Phi) is 9.36. The second-order valence-corrected chi connectivity index (χ2v) is 6.94. The summed E-state index contributed by atoms with van der Waals surface area (Å²) >= 11 is 1.62. The van der Waals surface area contributed by atoms with Gasteiger partial charge in [-0.05, 0) is 42.7 Å². The van der Waals surface area contributed by atoms with Crippen LogP contribution in [0.1, 0.15) is 13.3 Å². The van der Waals surface area contributed by atoms with E-state index in [4.69, 9.17) is 4.74 Å². The average Bonchev–Trinajstić information content (AvgIpc) is 2.80. The molecule has 0 spiro atoms. The van der Waals surface area contributed by atoms with Crippen LogP contribution in [0, 0.1) is 0 Å². The molecule has 170 valence electrons. The molecule has 0 heterocycles. The van der Waals surface area contributed by atoms with Gasteiger partial charge in [-0.2, -0.15) is 0 Å². The number of benzene rings is 2. The number of rotatable bonds is 6. The first-order chi connectivity index (χ1) is 15.4. The average molecular weight is 461 g/mol. The highest BCUT2D eigenvalue weighted by molar-refractivity contribution is 7.98. The zero-order valence-electron chi connectivity index (χ0n) is 18.1. The van der Waals surface area contributed by atoms with Crippen molar-refractivity contribution in [2.45, 2.75) is 18.2 Å². The van der Waals surface area contributed by atoms with Crippen molar-refractivity contribution in [1.29, 1.82) is 0 Å². The van der Waals surface area contributed by atoms with Gasteiger partial charge >= 0.3 is 12.2 Å². The summed E-state index contributed by atoms with van der Waals surface area (Å²) in [6.07, 6.45) is 0.422. The molecule has 11 heteroatoms. The lowest BCUT2D eigenvalue weighted by Gasteiger charge is -2.16. The molecule has 2 aromatic rings. The van der Waals surface area contributed by atoms with Crippen molar-refractivity contribution in [2.75, 3.05) is 31.1 Å². The van der Waals surface area contributed by atoms with E-state index >= 15 is 0 Å². The quantitative estimate of drug-likeness (QED) is 0.328. The van der Waals surface area contributed by atoms with Crippen molar-refractivity contribution >= 4 is 47.2 Å². The number of nitrogens with one attached hydrogen (secondary N) is 3. The molecule has 0 aliphatic rings. The Hall–Kier alpha value is -3.73. The number of alkyl carbamates (subject to hydrolysis) is 1. The Balaban J connectivity index is 2.34. The topological polar surface area (TPSA) is 127 Å². The molecule has 0 atom stereocenters. The molecule has 0 bridgehead atoms. The normalized spacial score (nSPS) is 10.7. The van der Waals surface area contributed by atoms with Crippen LogP contribution >= 0.6 is 11.8 Å². The summed E-state index contributed by atoms with van der Waals surface area (Å²) in [4.78, 5) is 39.9. The van der Waals surface area contributed by atoms with Gasteiger partial charge in [0.05, 0.1) is 25.6 Å². The minimum absolute atomic E-state index is 0.240. The van der Waals surface area contributed by atoms with Crippen LogP contribution in [0.5, 0.6) is 11.5 Å². The fourth-order valence-corrected chi connectivity index (χ4v) is 2.73. The molecule has 3 amide bonds. The lowest BCUT2D eigenvalue weighted by Crippen LogP contribution is -2.36. The lowest BCUT2D eigenvalue weighted by molar-refractivity contribution is -0.115. The van der Waals surface area contributed by atoms with Crippen molar-refractivity contribution in [3.8, 4) is 11.5 Å². The van der Waals surface area contributed by atoms with E-state index in [1.54, 1.807) is 36.9 Å². The van der Waals surface area contributed by atoms with E-state index in [1.807, 2.05) is 30.5 Å². The maximum Gasteiger partial charge on any atom is 0.436 e. The number of nitrogens with zero attached hydrogens (tertiary/aromatic N) is 1. The maximum atomic E-state index is 12.0. The summed E-state index contributed by atoms with van der Waals surface area (Å²) in [7, 11) is 2.31. The van der Waals surface area contributed by atoms with E-state index in [0.717, 1.165) is 19.1 Å². The van der Waals surface area contributed by atoms with Crippen LogP contribution in [-0.2, 0) is 14.3 Å². The number of thioether (sulfide) groups is 1. The molecule has 2 rings (SSSR count). The van der Waals surface area contributed by atoms with Crippen LogP contribution in [0.15, 0.2) is 52.4 Å². The van der Waals surface area contributed by atoms with Crippen LogP contribution < -0.4 is 20.7 Å². The lowest BCUT2D eigenvalue weighted by atomic mass is 10.2. The van der Waals surface area contributed by atoms with E-state index in [9.17, 15) is 14.4 Å². The number of hydrogen-bond donors (Lipinski definition) is 3. The molecule has 0 saturated carbocycles. The molecule has 0 aliphatic heterocycles. The number of aliphatic imine (C=N–C) groups is 1. The number of anilines is 2. The van der Waals surface area contributed by atoms with Gasteiger partial charge in [0.1, 0.15) is 11.5 Å². The number of carbonyl (C=O) groups excluding carboxylic acids is 3. The van der Waals surface area contributed by atoms with Gasteiger partial charge in [0.25, 0.3) is 0 Å². The number of methoxy groups -OCH3 is 2. The summed E-state index contributed by atoms with van der Waals surface area (Å²) in [5.41, 5.74) is 0.690. The third-order valence-corrected chi connectivity index (χ3v) is 4.66. The molecule has 0 radical (unpaired) electrons. The highest BCUT2D eigenvalue weighted by atomic mass is 32.2. The van der Waals surface area contributed by atoms with E-state index in [1.165, 1.54) is 0 Å². The summed E-state index contributed by atoms with van der Waals surface area (Å²) in [6.45, 7) is 1.71. The number of hydrogen-bond acceptors (Lipinski definition) is 7. The van der Waals surface area contributed by atoms with E-state index in [0.29, 0.717) is 22.9 Å². The fourth-order valence-electron chi connectivity index (χ4n) is 2.32. The smallest absolute Gasteiger partial charge is 0.436 e. The van der Waals surface area contributed by atoms with Crippen molar-refractivity contribution in [3.63, 3.8) is 0 Å². The summed E-state index contributed by atoms with van der Waals surface area (Å²) in [5, 5.41) is 7.79.